The van der Waals surface area contributed by atoms with E-state index in [4.69, 9.17) is 5.26 Å². The van der Waals surface area contributed by atoms with Crippen LogP contribution in [0.1, 0.15) is 12.8 Å². The van der Waals surface area contributed by atoms with Crippen LogP contribution in [0.25, 0.3) is 0 Å². The molecule has 6 heteroatoms. The van der Waals surface area contributed by atoms with Crippen LogP contribution in [0.2, 0.25) is 0 Å². The third kappa shape index (κ3) is 4.21. The van der Waals surface area contributed by atoms with E-state index < -0.39 is 11.8 Å². The fourth-order valence-electron chi connectivity index (χ4n) is 1.29. The van der Waals surface area contributed by atoms with Gasteiger partial charge in [-0.25, -0.2) is 0 Å². The highest BCUT2D eigenvalue weighted by atomic mass is 32.2. The normalized spacial score (nSPS) is 19.3. The number of nitrogens with one attached hydrogen (secondary N) is 2. The number of nitriles is 1. The monoisotopic (exact) mass is 227 g/mol. The van der Waals surface area contributed by atoms with Gasteiger partial charge >= 0.3 is 11.8 Å². The van der Waals surface area contributed by atoms with Crippen molar-refractivity contribution in [3.8, 4) is 6.07 Å². The standard InChI is InChI=1S/C9H13N3O2S/c10-3-4-11-8(13)9(14)12-6-7-2-1-5-15-7/h7H,1-2,4-6H2,(H,11,13)(H,12,14). The van der Waals surface area contributed by atoms with E-state index in [-0.39, 0.29) is 6.54 Å². The predicted octanol–water partition coefficient (Wildman–Crippen LogP) is -0.362. The summed E-state index contributed by atoms with van der Waals surface area (Å²) in [7, 11) is 0. The number of carbonyl (C=O) groups excluding carboxylic acids is 2. The summed E-state index contributed by atoms with van der Waals surface area (Å²) in [6.07, 6.45) is 2.26. The maximum absolute atomic E-state index is 11.2. The van der Waals surface area contributed by atoms with Crippen LogP contribution in [0.5, 0.6) is 0 Å². The van der Waals surface area contributed by atoms with E-state index in [1.165, 1.54) is 6.42 Å². The van der Waals surface area contributed by atoms with Crippen molar-refractivity contribution in [2.45, 2.75) is 18.1 Å². The molecule has 0 aromatic carbocycles. The molecule has 2 amide bonds. The third-order valence-electron chi connectivity index (χ3n) is 2.05. The molecular formula is C9H13N3O2S. The number of nitrogens with zero attached hydrogens (tertiary/aromatic N) is 1. The van der Waals surface area contributed by atoms with Crippen LogP contribution in [0.4, 0.5) is 0 Å². The molecule has 1 heterocycles. The van der Waals surface area contributed by atoms with Gasteiger partial charge in [0.05, 0.1) is 6.07 Å². The molecule has 5 nitrogen and oxygen atoms in total. The Hall–Kier alpha value is -1.22. The maximum atomic E-state index is 11.2. The average Bonchev–Trinajstić information content (AvgIpc) is 2.75. The maximum Gasteiger partial charge on any atom is 0.310 e. The first-order chi connectivity index (χ1) is 7.24. The molecule has 0 aliphatic carbocycles. The predicted molar refractivity (Wildman–Crippen MR) is 57.1 cm³/mol. The van der Waals surface area contributed by atoms with Crippen molar-refractivity contribution < 1.29 is 9.59 Å². The van der Waals surface area contributed by atoms with Crippen molar-refractivity contribution in [2.75, 3.05) is 18.8 Å². The number of carbonyl (C=O) groups is 2. The first-order valence-electron chi connectivity index (χ1n) is 4.78. The first-order valence-corrected chi connectivity index (χ1v) is 5.83. The summed E-state index contributed by atoms with van der Waals surface area (Å²) in [4.78, 5) is 22.2. The minimum Gasteiger partial charge on any atom is -0.347 e. The Labute approximate surface area is 92.6 Å². The zero-order valence-electron chi connectivity index (χ0n) is 8.28. The molecule has 0 saturated carbocycles. The molecule has 2 N–H and O–H groups in total. The van der Waals surface area contributed by atoms with Crippen LogP contribution in [0.15, 0.2) is 0 Å². The summed E-state index contributed by atoms with van der Waals surface area (Å²) in [5, 5.41) is 13.4. The summed E-state index contributed by atoms with van der Waals surface area (Å²) >= 11 is 1.82. The number of thioether (sulfide) groups is 1. The smallest absolute Gasteiger partial charge is 0.310 e. The lowest BCUT2D eigenvalue weighted by atomic mass is 10.2. The van der Waals surface area contributed by atoms with Gasteiger partial charge in [-0.2, -0.15) is 17.0 Å². The van der Waals surface area contributed by atoms with Crippen molar-refractivity contribution in [3.05, 3.63) is 0 Å². The fourth-order valence-corrected chi connectivity index (χ4v) is 2.49. The van der Waals surface area contributed by atoms with E-state index in [0.717, 1.165) is 12.2 Å². The molecule has 82 valence electrons. The Balaban J connectivity index is 2.17. The van der Waals surface area contributed by atoms with E-state index in [0.29, 0.717) is 11.8 Å². The largest absolute Gasteiger partial charge is 0.347 e. The minimum absolute atomic E-state index is 0.134. The molecule has 0 aromatic heterocycles. The second-order valence-electron chi connectivity index (χ2n) is 3.19. The molecule has 0 radical (unpaired) electrons. The topological polar surface area (TPSA) is 82.0 Å². The SMILES string of the molecule is N#CCNC(=O)C(=O)NCC1CCCS1. The van der Waals surface area contributed by atoms with Crippen molar-refractivity contribution in [3.63, 3.8) is 0 Å². The third-order valence-corrected chi connectivity index (χ3v) is 3.45. The first kappa shape index (κ1) is 11.9. The number of rotatable bonds is 3. The van der Waals surface area contributed by atoms with Crippen LogP contribution in [-0.4, -0.2) is 35.9 Å². The van der Waals surface area contributed by atoms with Gasteiger partial charge in [-0.05, 0) is 18.6 Å². The summed E-state index contributed by atoms with van der Waals surface area (Å²) in [5.74, 6) is -0.265. The molecule has 1 atom stereocenters. The van der Waals surface area contributed by atoms with Crippen LogP contribution < -0.4 is 10.6 Å². The van der Waals surface area contributed by atoms with Crippen LogP contribution in [0, 0.1) is 11.3 Å². The highest BCUT2D eigenvalue weighted by Gasteiger charge is 2.18. The van der Waals surface area contributed by atoms with Gasteiger partial charge < -0.3 is 10.6 Å². The molecule has 0 spiro atoms. The molecule has 1 saturated heterocycles. The molecule has 1 aliphatic rings. The van der Waals surface area contributed by atoms with Crippen molar-refractivity contribution in [1.29, 1.82) is 5.26 Å². The van der Waals surface area contributed by atoms with Crippen LogP contribution in [0.3, 0.4) is 0 Å². The van der Waals surface area contributed by atoms with Gasteiger partial charge in [0.25, 0.3) is 0 Å². The molecule has 1 fully saturated rings. The van der Waals surface area contributed by atoms with Crippen molar-refractivity contribution >= 4 is 23.6 Å². The molecule has 1 rings (SSSR count). The van der Waals surface area contributed by atoms with Gasteiger partial charge in [0, 0.05) is 11.8 Å². The van der Waals surface area contributed by atoms with Crippen molar-refractivity contribution in [1.82, 2.24) is 10.6 Å². The second kappa shape index (κ2) is 6.30. The van der Waals surface area contributed by atoms with Gasteiger partial charge in [-0.1, -0.05) is 0 Å². The van der Waals surface area contributed by atoms with E-state index in [9.17, 15) is 9.59 Å². The number of hydrogen-bond donors (Lipinski definition) is 2. The number of hydrogen-bond acceptors (Lipinski definition) is 4. The zero-order valence-corrected chi connectivity index (χ0v) is 9.10. The Kier molecular flexibility index (Phi) is 4.98. The lowest BCUT2D eigenvalue weighted by molar-refractivity contribution is -0.139. The van der Waals surface area contributed by atoms with Crippen LogP contribution in [-0.2, 0) is 9.59 Å². The lowest BCUT2D eigenvalue weighted by Crippen LogP contribution is -2.42. The Morgan fingerprint density at radius 3 is 2.73 bits per heavy atom. The molecule has 0 bridgehead atoms. The minimum atomic E-state index is -0.737. The molecular weight excluding hydrogens is 214 g/mol. The Morgan fingerprint density at radius 1 is 1.40 bits per heavy atom. The summed E-state index contributed by atoms with van der Waals surface area (Å²) in [6.45, 7) is 0.397. The van der Waals surface area contributed by atoms with Crippen molar-refractivity contribution in [2.24, 2.45) is 0 Å². The highest BCUT2D eigenvalue weighted by molar-refractivity contribution is 8.00. The summed E-state index contributed by atoms with van der Waals surface area (Å²) in [5.41, 5.74) is 0. The summed E-state index contributed by atoms with van der Waals surface area (Å²) < 4.78 is 0. The highest BCUT2D eigenvalue weighted by Crippen LogP contribution is 2.25. The van der Waals surface area contributed by atoms with E-state index >= 15 is 0 Å². The quantitative estimate of drug-likeness (QED) is 0.509. The van der Waals surface area contributed by atoms with Gasteiger partial charge in [-0.3, -0.25) is 9.59 Å². The Bertz CT molecular complexity index is 282. The van der Waals surface area contributed by atoms with E-state index in [1.54, 1.807) is 6.07 Å². The molecule has 1 aliphatic heterocycles. The lowest BCUT2D eigenvalue weighted by Gasteiger charge is -2.09. The second-order valence-corrected chi connectivity index (χ2v) is 4.59. The van der Waals surface area contributed by atoms with Gasteiger partial charge in [0.2, 0.25) is 0 Å². The van der Waals surface area contributed by atoms with E-state index in [2.05, 4.69) is 10.6 Å². The van der Waals surface area contributed by atoms with Crippen LogP contribution >= 0.6 is 11.8 Å². The fraction of sp³-hybridized carbons (Fsp3) is 0.667. The van der Waals surface area contributed by atoms with E-state index in [1.807, 2.05) is 11.8 Å². The Morgan fingerprint density at radius 2 is 2.13 bits per heavy atom. The molecule has 1 unspecified atom stereocenters. The molecule has 0 aromatic rings. The van der Waals surface area contributed by atoms with Gasteiger partial charge in [0.15, 0.2) is 0 Å². The van der Waals surface area contributed by atoms with Gasteiger partial charge in [0.1, 0.15) is 6.54 Å². The zero-order chi connectivity index (χ0) is 11.1. The molecule has 15 heavy (non-hydrogen) atoms. The number of amides is 2. The summed E-state index contributed by atoms with van der Waals surface area (Å²) in [6, 6.07) is 1.73. The van der Waals surface area contributed by atoms with Gasteiger partial charge in [-0.15, -0.1) is 0 Å². The average molecular weight is 227 g/mol.